The Balaban J connectivity index is 1.33. The van der Waals surface area contributed by atoms with E-state index < -0.39 is 0 Å². The number of likely N-dealkylation sites (tertiary alicyclic amines) is 1. The molecular formula is C20H35N2O3-. The third-order valence-electron chi connectivity index (χ3n) is 6.94. The van der Waals surface area contributed by atoms with Gasteiger partial charge >= 0.3 is 0 Å². The first-order chi connectivity index (χ1) is 12.1. The largest absolute Gasteiger partial charge is 0.762 e. The topological polar surface area (TPSA) is 66.8 Å². The maximum Gasteiger partial charge on any atom is 0.149 e. The molecule has 0 atom stereocenters. The highest BCUT2D eigenvalue weighted by atomic mass is 16.8. The predicted molar refractivity (Wildman–Crippen MR) is 98.1 cm³/mol. The molecule has 3 aliphatic rings. The standard InChI is InChI=1S/C20H35N2O3/c23-20(18-4-2-1-3-5-18)15-21-12-10-17(11-13-21)14-16-6-8-19(9-7-16)22(24)25/h16-19,24H,1-15H2/q-1. The molecule has 0 bridgehead atoms. The van der Waals surface area contributed by atoms with Gasteiger partial charge in [-0.15, -0.1) is 0 Å². The van der Waals surface area contributed by atoms with Gasteiger partial charge in [0.25, 0.3) is 0 Å². The van der Waals surface area contributed by atoms with Crippen LogP contribution in [0.2, 0.25) is 0 Å². The molecule has 0 aromatic carbocycles. The van der Waals surface area contributed by atoms with E-state index in [2.05, 4.69) is 4.90 Å². The van der Waals surface area contributed by atoms with Gasteiger partial charge in [0.1, 0.15) is 5.78 Å². The van der Waals surface area contributed by atoms with Crippen molar-refractivity contribution >= 4 is 5.78 Å². The monoisotopic (exact) mass is 351 g/mol. The van der Waals surface area contributed by atoms with Crippen LogP contribution >= 0.6 is 0 Å². The molecule has 3 rings (SSSR count). The van der Waals surface area contributed by atoms with Crippen molar-refractivity contribution in [2.24, 2.45) is 17.8 Å². The quantitative estimate of drug-likeness (QED) is 0.733. The van der Waals surface area contributed by atoms with Gasteiger partial charge in [0, 0.05) is 12.0 Å². The van der Waals surface area contributed by atoms with E-state index in [0.717, 1.165) is 63.5 Å². The average Bonchev–Trinajstić information content (AvgIpc) is 2.64. The summed E-state index contributed by atoms with van der Waals surface area (Å²) in [4.78, 5) is 14.8. The first-order valence-electron chi connectivity index (χ1n) is 10.5. The summed E-state index contributed by atoms with van der Waals surface area (Å²) in [7, 11) is 0. The molecular weight excluding hydrogens is 316 g/mol. The highest BCUT2D eigenvalue weighted by Gasteiger charge is 2.28. The number of ketones is 1. The van der Waals surface area contributed by atoms with Crippen LogP contribution in [0.25, 0.3) is 0 Å². The SMILES string of the molecule is O=C(CN1CCC(CC2CCC(N([O-])O)CC2)CC1)C1CCCCC1. The van der Waals surface area contributed by atoms with Crippen LogP contribution in [0.4, 0.5) is 0 Å². The molecule has 2 saturated carbocycles. The number of hydrogen-bond acceptors (Lipinski definition) is 5. The summed E-state index contributed by atoms with van der Waals surface area (Å²) in [6, 6.07) is -0.177. The summed E-state index contributed by atoms with van der Waals surface area (Å²) in [5.74, 6) is 2.33. The summed E-state index contributed by atoms with van der Waals surface area (Å²) in [5, 5.41) is 20.2. The van der Waals surface area contributed by atoms with Gasteiger partial charge in [-0.25, -0.2) is 0 Å². The first-order valence-corrected chi connectivity index (χ1v) is 10.5. The molecule has 25 heavy (non-hydrogen) atoms. The molecule has 0 unspecified atom stereocenters. The Bertz CT molecular complexity index is 407. The number of rotatable bonds is 6. The van der Waals surface area contributed by atoms with Crippen LogP contribution in [0.5, 0.6) is 0 Å². The molecule has 1 saturated heterocycles. The number of piperidine rings is 1. The number of hydroxylamine groups is 2. The van der Waals surface area contributed by atoms with Gasteiger partial charge in [0.05, 0.1) is 6.54 Å². The van der Waals surface area contributed by atoms with Gasteiger partial charge < -0.3 is 10.4 Å². The van der Waals surface area contributed by atoms with Gasteiger partial charge in [-0.05, 0) is 82.7 Å². The van der Waals surface area contributed by atoms with Gasteiger partial charge in [0.2, 0.25) is 0 Å². The second kappa shape index (κ2) is 9.45. The van der Waals surface area contributed by atoms with Gasteiger partial charge in [-0.2, -0.15) is 0 Å². The maximum atomic E-state index is 12.5. The number of hydrogen-bond donors (Lipinski definition) is 1. The Hall–Kier alpha value is -0.490. The van der Waals surface area contributed by atoms with Crippen molar-refractivity contribution in [2.45, 2.75) is 83.1 Å². The van der Waals surface area contributed by atoms with Crippen LogP contribution in [0.15, 0.2) is 0 Å². The van der Waals surface area contributed by atoms with Crippen LogP contribution < -0.4 is 0 Å². The van der Waals surface area contributed by atoms with E-state index in [4.69, 9.17) is 5.21 Å². The van der Waals surface area contributed by atoms with E-state index in [1.807, 2.05) is 0 Å². The maximum absolute atomic E-state index is 12.5. The fourth-order valence-corrected chi connectivity index (χ4v) is 5.23. The summed E-state index contributed by atoms with van der Waals surface area (Å²) in [6.07, 6.45) is 13.5. The zero-order valence-corrected chi connectivity index (χ0v) is 15.6. The molecule has 1 N–H and O–H groups in total. The minimum atomic E-state index is -0.177. The second-order valence-corrected chi connectivity index (χ2v) is 8.73. The lowest BCUT2D eigenvalue weighted by atomic mass is 9.78. The molecule has 0 amide bonds. The Morgan fingerprint density at radius 3 is 2.12 bits per heavy atom. The van der Waals surface area contributed by atoms with Crippen molar-refractivity contribution in [3.05, 3.63) is 5.21 Å². The number of nitrogens with zero attached hydrogens (tertiary/aromatic N) is 2. The molecule has 0 radical (unpaired) electrons. The van der Waals surface area contributed by atoms with Crippen molar-refractivity contribution < 1.29 is 10.0 Å². The molecule has 0 spiro atoms. The van der Waals surface area contributed by atoms with Crippen molar-refractivity contribution in [3.63, 3.8) is 0 Å². The minimum Gasteiger partial charge on any atom is -0.762 e. The van der Waals surface area contributed by atoms with Crippen LogP contribution in [0.3, 0.4) is 0 Å². The molecule has 144 valence electrons. The molecule has 0 aromatic heterocycles. The lowest BCUT2D eigenvalue weighted by Crippen LogP contribution is -2.40. The normalized spacial score (nSPS) is 30.7. The van der Waals surface area contributed by atoms with E-state index in [9.17, 15) is 10.0 Å². The van der Waals surface area contributed by atoms with Crippen LogP contribution in [0, 0.1) is 23.0 Å². The van der Waals surface area contributed by atoms with Gasteiger partial charge in [-0.3, -0.25) is 14.9 Å². The highest BCUT2D eigenvalue weighted by Crippen LogP contribution is 2.34. The first kappa shape index (κ1) is 19.3. The highest BCUT2D eigenvalue weighted by molar-refractivity contribution is 5.83. The van der Waals surface area contributed by atoms with Crippen LogP contribution in [0.1, 0.15) is 77.0 Å². The van der Waals surface area contributed by atoms with Crippen molar-refractivity contribution in [1.29, 1.82) is 0 Å². The number of carbonyl (C=O) groups is 1. The Morgan fingerprint density at radius 1 is 0.920 bits per heavy atom. The summed E-state index contributed by atoms with van der Waals surface area (Å²) < 4.78 is 0. The molecule has 2 aliphatic carbocycles. The zero-order valence-electron chi connectivity index (χ0n) is 15.6. The average molecular weight is 352 g/mol. The third-order valence-corrected chi connectivity index (χ3v) is 6.94. The summed E-state index contributed by atoms with van der Waals surface area (Å²) in [6.45, 7) is 2.82. The van der Waals surface area contributed by atoms with Gasteiger partial charge in [0.15, 0.2) is 0 Å². The lowest BCUT2D eigenvalue weighted by Gasteiger charge is -2.38. The summed E-state index contributed by atoms with van der Waals surface area (Å²) in [5.41, 5.74) is 0. The van der Waals surface area contributed by atoms with E-state index in [0.29, 0.717) is 18.2 Å². The fourth-order valence-electron chi connectivity index (χ4n) is 5.23. The third kappa shape index (κ3) is 5.75. The molecule has 1 heterocycles. The lowest BCUT2D eigenvalue weighted by molar-refractivity contribution is -0.125. The molecule has 0 aromatic rings. The summed E-state index contributed by atoms with van der Waals surface area (Å²) >= 11 is 0. The molecule has 1 aliphatic heterocycles. The van der Waals surface area contributed by atoms with Crippen LogP contribution in [-0.4, -0.2) is 46.8 Å². The minimum absolute atomic E-state index is 0.165. The second-order valence-electron chi connectivity index (χ2n) is 8.73. The Labute approximate surface area is 152 Å². The zero-order chi connectivity index (χ0) is 17.6. The van der Waals surface area contributed by atoms with E-state index in [1.54, 1.807) is 0 Å². The number of Topliss-reactive ketones (excluding diaryl/α,β-unsaturated/α-hetero) is 1. The van der Waals surface area contributed by atoms with Crippen molar-refractivity contribution in [1.82, 2.24) is 10.1 Å². The molecule has 3 fully saturated rings. The fraction of sp³-hybridized carbons (Fsp3) is 0.950. The van der Waals surface area contributed by atoms with Gasteiger partial charge in [-0.1, -0.05) is 19.3 Å². The Kier molecular flexibility index (Phi) is 7.28. The molecule has 5 heteroatoms. The smallest absolute Gasteiger partial charge is 0.149 e. The Morgan fingerprint density at radius 2 is 1.52 bits per heavy atom. The van der Waals surface area contributed by atoms with E-state index in [-0.39, 0.29) is 11.3 Å². The van der Waals surface area contributed by atoms with E-state index in [1.165, 1.54) is 38.5 Å². The van der Waals surface area contributed by atoms with Crippen LogP contribution in [-0.2, 0) is 4.79 Å². The number of carbonyl (C=O) groups excluding carboxylic acids is 1. The molecule has 5 nitrogen and oxygen atoms in total. The van der Waals surface area contributed by atoms with Crippen molar-refractivity contribution in [2.75, 3.05) is 19.6 Å². The predicted octanol–water partition coefficient (Wildman–Crippen LogP) is 3.99. The van der Waals surface area contributed by atoms with Crippen molar-refractivity contribution in [3.8, 4) is 0 Å². The van der Waals surface area contributed by atoms with E-state index >= 15 is 0 Å².